The summed E-state index contributed by atoms with van der Waals surface area (Å²) in [7, 11) is 0. The van der Waals surface area contributed by atoms with E-state index in [0.29, 0.717) is 11.8 Å². The molecule has 1 N–H and O–H groups in total. The molecule has 0 amide bonds. The van der Waals surface area contributed by atoms with Crippen molar-refractivity contribution < 1.29 is 9.52 Å². The molecule has 1 unspecified atom stereocenters. The van der Waals surface area contributed by atoms with Crippen molar-refractivity contribution in [1.29, 1.82) is 0 Å². The molecular weight excluding hydrogens is 152 g/mol. The first kappa shape index (κ1) is 7.87. The van der Waals surface area contributed by atoms with Gasteiger partial charge in [-0.1, -0.05) is 13.3 Å². The monoisotopic (exact) mass is 166 g/mol. The first-order valence-corrected chi connectivity index (χ1v) is 4.54. The van der Waals surface area contributed by atoms with Crippen LogP contribution in [0.2, 0.25) is 0 Å². The summed E-state index contributed by atoms with van der Waals surface area (Å²) in [4.78, 5) is 0. The van der Waals surface area contributed by atoms with Crippen molar-refractivity contribution in [2.75, 3.05) is 0 Å². The Balaban J connectivity index is 1.99. The molecule has 1 aromatic rings. The first-order valence-electron chi connectivity index (χ1n) is 4.54. The van der Waals surface area contributed by atoms with Crippen molar-refractivity contribution in [3.63, 3.8) is 0 Å². The second-order valence-electron chi connectivity index (χ2n) is 3.53. The molecule has 1 aromatic heterocycles. The zero-order valence-electron chi connectivity index (χ0n) is 7.23. The largest absolute Gasteiger partial charge is 0.467 e. The molecule has 12 heavy (non-hydrogen) atoms. The van der Waals surface area contributed by atoms with Gasteiger partial charge in [-0.25, -0.2) is 0 Å². The van der Waals surface area contributed by atoms with Gasteiger partial charge in [0.25, 0.3) is 0 Å². The predicted octanol–water partition coefficient (Wildman–Crippen LogP) is 2.36. The number of aliphatic hydroxyl groups excluding tert-OH is 1. The van der Waals surface area contributed by atoms with Crippen LogP contribution in [0.1, 0.15) is 31.6 Å². The third-order valence-corrected chi connectivity index (χ3v) is 2.74. The summed E-state index contributed by atoms with van der Waals surface area (Å²) in [6, 6.07) is 3.66. The average Bonchev–Trinajstić information content (AvgIpc) is 2.68. The van der Waals surface area contributed by atoms with E-state index in [1.165, 1.54) is 6.42 Å². The molecule has 1 fully saturated rings. The van der Waals surface area contributed by atoms with Crippen LogP contribution in [0.4, 0.5) is 0 Å². The van der Waals surface area contributed by atoms with Gasteiger partial charge in [0.2, 0.25) is 0 Å². The second kappa shape index (κ2) is 2.94. The first-order chi connectivity index (χ1) is 5.83. The molecule has 0 bridgehead atoms. The van der Waals surface area contributed by atoms with E-state index in [4.69, 9.17) is 4.42 Å². The molecule has 2 rings (SSSR count). The van der Waals surface area contributed by atoms with Crippen LogP contribution in [0.5, 0.6) is 0 Å². The standard InChI is InChI=1S/C10H14O2/c1-2-7-6-8(7)10(11)9-4-3-5-12-9/h3-5,7-8,10-11H,2,6H2,1H3/t7-,8-,10?/m1/s1. The Morgan fingerprint density at radius 2 is 2.58 bits per heavy atom. The molecule has 2 nitrogen and oxygen atoms in total. The van der Waals surface area contributed by atoms with E-state index in [9.17, 15) is 5.11 Å². The van der Waals surface area contributed by atoms with Crippen molar-refractivity contribution in [2.24, 2.45) is 11.8 Å². The van der Waals surface area contributed by atoms with Crippen LogP contribution in [0.3, 0.4) is 0 Å². The normalized spacial score (nSPS) is 30.2. The van der Waals surface area contributed by atoms with E-state index in [1.54, 1.807) is 6.26 Å². The van der Waals surface area contributed by atoms with E-state index in [1.807, 2.05) is 12.1 Å². The Bertz CT molecular complexity index is 240. The predicted molar refractivity (Wildman–Crippen MR) is 45.6 cm³/mol. The second-order valence-corrected chi connectivity index (χ2v) is 3.53. The molecule has 0 spiro atoms. The van der Waals surface area contributed by atoms with Gasteiger partial charge in [-0.3, -0.25) is 0 Å². The minimum atomic E-state index is -0.370. The molecule has 0 saturated heterocycles. The summed E-state index contributed by atoms with van der Waals surface area (Å²) in [6.45, 7) is 2.17. The zero-order chi connectivity index (χ0) is 8.55. The Labute approximate surface area is 72.2 Å². The van der Waals surface area contributed by atoms with Gasteiger partial charge in [0, 0.05) is 0 Å². The van der Waals surface area contributed by atoms with Crippen LogP contribution >= 0.6 is 0 Å². The van der Waals surface area contributed by atoms with E-state index in [2.05, 4.69) is 6.92 Å². The van der Waals surface area contributed by atoms with E-state index >= 15 is 0 Å². The van der Waals surface area contributed by atoms with Gasteiger partial charge in [0.15, 0.2) is 0 Å². The fourth-order valence-corrected chi connectivity index (χ4v) is 1.80. The van der Waals surface area contributed by atoms with Gasteiger partial charge >= 0.3 is 0 Å². The Morgan fingerprint density at radius 1 is 1.75 bits per heavy atom. The number of rotatable bonds is 3. The molecule has 2 heteroatoms. The van der Waals surface area contributed by atoms with Crippen LogP contribution in [0.25, 0.3) is 0 Å². The van der Waals surface area contributed by atoms with Crippen molar-refractivity contribution in [2.45, 2.75) is 25.9 Å². The van der Waals surface area contributed by atoms with Gasteiger partial charge in [0.1, 0.15) is 11.9 Å². The maximum atomic E-state index is 9.76. The molecule has 0 radical (unpaired) electrons. The smallest absolute Gasteiger partial charge is 0.132 e. The molecule has 0 aromatic carbocycles. The van der Waals surface area contributed by atoms with Gasteiger partial charge in [0.05, 0.1) is 6.26 Å². The van der Waals surface area contributed by atoms with E-state index < -0.39 is 0 Å². The molecule has 1 heterocycles. The average molecular weight is 166 g/mol. The van der Waals surface area contributed by atoms with Gasteiger partial charge in [-0.2, -0.15) is 0 Å². The number of furan rings is 1. The Hall–Kier alpha value is -0.760. The van der Waals surface area contributed by atoms with Crippen molar-refractivity contribution in [3.8, 4) is 0 Å². The number of hydrogen-bond acceptors (Lipinski definition) is 2. The SMILES string of the molecule is CC[C@@H]1C[C@H]1C(O)c1ccco1. The molecule has 3 atom stereocenters. The summed E-state index contributed by atoms with van der Waals surface area (Å²) in [5, 5.41) is 9.76. The zero-order valence-corrected chi connectivity index (χ0v) is 7.23. The summed E-state index contributed by atoms with van der Waals surface area (Å²) in [5.74, 6) is 1.88. The lowest BCUT2D eigenvalue weighted by atomic mass is 10.1. The van der Waals surface area contributed by atoms with E-state index in [-0.39, 0.29) is 6.10 Å². The van der Waals surface area contributed by atoms with Crippen LogP contribution in [-0.2, 0) is 0 Å². The van der Waals surface area contributed by atoms with Crippen LogP contribution in [0, 0.1) is 11.8 Å². The van der Waals surface area contributed by atoms with E-state index in [0.717, 1.165) is 12.2 Å². The van der Waals surface area contributed by atoms with Crippen molar-refractivity contribution in [1.82, 2.24) is 0 Å². The molecule has 1 aliphatic carbocycles. The molecule has 1 saturated carbocycles. The van der Waals surface area contributed by atoms with Gasteiger partial charge < -0.3 is 9.52 Å². The molecule has 66 valence electrons. The molecular formula is C10H14O2. The fraction of sp³-hybridized carbons (Fsp3) is 0.600. The van der Waals surface area contributed by atoms with Crippen molar-refractivity contribution in [3.05, 3.63) is 24.2 Å². The lowest BCUT2D eigenvalue weighted by Gasteiger charge is -2.05. The highest BCUT2D eigenvalue weighted by Gasteiger charge is 2.42. The Morgan fingerprint density at radius 3 is 3.08 bits per heavy atom. The lowest BCUT2D eigenvalue weighted by Crippen LogP contribution is -1.99. The molecule has 1 aliphatic rings. The highest BCUT2D eigenvalue weighted by atomic mass is 16.4. The maximum Gasteiger partial charge on any atom is 0.132 e. The summed E-state index contributed by atoms with van der Waals surface area (Å²) >= 11 is 0. The quantitative estimate of drug-likeness (QED) is 0.747. The lowest BCUT2D eigenvalue weighted by molar-refractivity contribution is 0.121. The van der Waals surface area contributed by atoms with Crippen LogP contribution in [-0.4, -0.2) is 5.11 Å². The Kier molecular flexibility index (Phi) is 1.93. The summed E-state index contributed by atoms with van der Waals surface area (Å²) in [5.41, 5.74) is 0. The maximum absolute atomic E-state index is 9.76. The van der Waals surface area contributed by atoms with Gasteiger partial charge in [-0.15, -0.1) is 0 Å². The van der Waals surface area contributed by atoms with Crippen LogP contribution in [0.15, 0.2) is 22.8 Å². The minimum absolute atomic E-state index is 0.370. The highest BCUT2D eigenvalue weighted by Crippen LogP contribution is 2.49. The van der Waals surface area contributed by atoms with Gasteiger partial charge in [-0.05, 0) is 30.4 Å². The van der Waals surface area contributed by atoms with Crippen LogP contribution < -0.4 is 0 Å². The topological polar surface area (TPSA) is 33.4 Å². The summed E-state index contributed by atoms with van der Waals surface area (Å²) < 4.78 is 5.14. The highest BCUT2D eigenvalue weighted by molar-refractivity contribution is 5.07. The number of hydrogen-bond donors (Lipinski definition) is 1. The minimum Gasteiger partial charge on any atom is -0.467 e. The summed E-state index contributed by atoms with van der Waals surface area (Å²) in [6.07, 6.45) is 3.56. The third-order valence-electron chi connectivity index (χ3n) is 2.74. The molecule has 0 aliphatic heterocycles. The van der Waals surface area contributed by atoms with Crippen molar-refractivity contribution >= 4 is 0 Å². The number of aliphatic hydroxyl groups is 1. The third kappa shape index (κ3) is 1.27. The fourth-order valence-electron chi connectivity index (χ4n) is 1.80.